The molecule has 0 aliphatic carbocycles. The zero-order valence-electron chi connectivity index (χ0n) is 19.3. The minimum atomic E-state index is -5.81. The normalized spacial score (nSPS) is 11.2. The van der Waals surface area contributed by atoms with Crippen molar-refractivity contribution < 1.29 is 96.3 Å². The van der Waals surface area contributed by atoms with E-state index in [1.165, 1.54) is 13.8 Å². The zero-order valence-corrected chi connectivity index (χ0v) is 19.3. The monoisotopic (exact) mass is 638 g/mol. The van der Waals surface area contributed by atoms with Gasteiger partial charge in [-0.2, -0.15) is 52.7 Å². The molecule has 0 fully saturated rings. The van der Waals surface area contributed by atoms with Crippen molar-refractivity contribution in [3.05, 3.63) is 24.3 Å². The van der Waals surface area contributed by atoms with Crippen molar-refractivity contribution in [1.82, 2.24) is 0 Å². The van der Waals surface area contributed by atoms with E-state index in [9.17, 15) is 71.9 Å². The van der Waals surface area contributed by atoms with Crippen LogP contribution in [0.5, 0.6) is 0 Å². The van der Waals surface area contributed by atoms with Crippen molar-refractivity contribution in [3.8, 4) is 0 Å². The third-order valence-electron chi connectivity index (χ3n) is 2.81. The largest absolute Gasteiger partial charge is 0.479 e. The summed E-state index contributed by atoms with van der Waals surface area (Å²) in [6, 6.07) is 0. The highest BCUT2D eigenvalue weighted by molar-refractivity contribution is 5.89. The number of ether oxygens (including phenoxy) is 3. The second kappa shape index (κ2) is 18.8. The number of aliphatic hydroxyl groups excluding tert-OH is 1. The van der Waals surface area contributed by atoms with Gasteiger partial charge in [-0.05, 0) is 13.8 Å². The van der Waals surface area contributed by atoms with Gasteiger partial charge in [0, 0.05) is 11.1 Å². The lowest BCUT2D eigenvalue weighted by molar-refractivity contribution is -0.313. The van der Waals surface area contributed by atoms with E-state index in [1.807, 2.05) is 0 Å². The van der Waals surface area contributed by atoms with Crippen LogP contribution in [0, 0.1) is 0 Å². The van der Waals surface area contributed by atoms with Gasteiger partial charge in [0.05, 0.1) is 0 Å². The number of hydrogen-bond donors (Lipinski definition) is 2. The number of rotatable bonds is 7. The molecule has 0 aromatic heterocycles. The van der Waals surface area contributed by atoms with Crippen LogP contribution in [0.1, 0.15) is 28.7 Å². The Balaban J connectivity index is -0.000000168. The molecule has 0 aromatic carbocycles. The topological polar surface area (TPSA) is 136 Å². The van der Waals surface area contributed by atoms with Gasteiger partial charge in [-0.15, -0.1) is 0 Å². The van der Waals surface area contributed by atoms with Crippen LogP contribution >= 0.6 is 0 Å². The molecule has 0 bridgehead atoms. The number of carboxylic acid groups (broad SMARTS) is 1. The fourth-order valence-corrected chi connectivity index (χ4v) is 1.17. The van der Waals surface area contributed by atoms with E-state index in [-0.39, 0.29) is 26.0 Å². The Morgan fingerprint density at radius 2 is 0.951 bits per heavy atom. The van der Waals surface area contributed by atoms with E-state index < -0.39 is 74.0 Å². The number of alkyl halides is 12. The summed E-state index contributed by atoms with van der Waals surface area (Å²) in [4.78, 5) is 41.8. The maximum absolute atomic E-state index is 12.0. The van der Waals surface area contributed by atoms with Gasteiger partial charge in [0.1, 0.15) is 0 Å². The van der Waals surface area contributed by atoms with Crippen LogP contribution < -0.4 is 0 Å². The summed E-state index contributed by atoms with van der Waals surface area (Å²) in [5.41, 5.74) is 0.0113. The van der Waals surface area contributed by atoms with Crippen LogP contribution in [0.2, 0.25) is 0 Å². The van der Waals surface area contributed by atoms with Crippen molar-refractivity contribution in [3.63, 3.8) is 0 Å². The molecule has 9 nitrogen and oxygen atoms in total. The molecule has 0 aromatic rings. The summed E-state index contributed by atoms with van der Waals surface area (Å²) in [5.74, 6) is -4.97. The molecule has 21 heteroatoms. The Hall–Kier alpha value is -3.52. The Bertz CT molecular complexity index is 845. The highest BCUT2D eigenvalue weighted by atomic mass is 19.4. The van der Waals surface area contributed by atoms with Gasteiger partial charge < -0.3 is 24.4 Å². The van der Waals surface area contributed by atoms with E-state index in [4.69, 9.17) is 10.2 Å². The number of esters is 3. The van der Waals surface area contributed by atoms with E-state index >= 15 is 0 Å². The predicted molar refractivity (Wildman–Crippen MR) is 113 cm³/mol. The first-order valence-corrected chi connectivity index (χ1v) is 9.06. The van der Waals surface area contributed by atoms with E-state index in [0.717, 1.165) is 0 Å². The molecular weight excluding hydrogens is 612 g/mol. The third kappa shape index (κ3) is 24.0. The van der Waals surface area contributed by atoms with Crippen LogP contribution in [-0.4, -0.2) is 84.2 Å². The maximum Gasteiger partial charge on any atom is 0.434 e. The van der Waals surface area contributed by atoms with Gasteiger partial charge in [0.25, 0.3) is 6.10 Å². The standard InChI is InChI=1S/C9H8F6O4.C6H8O4.C3H2F6O.2CH4/c1-4(2)6(17)18-3-5(16)19-7(8(10,11)12)9(13,14)15;1-4(2)6(9)10-3-5(7)8;4-2(5,6)1(10)3(7,8)9;;/h7H,1,3H2,2H3;1,3H2,2H3,(H,7,8);1,10H;2*1H4. The van der Waals surface area contributed by atoms with E-state index in [0.29, 0.717) is 0 Å². The first-order chi connectivity index (χ1) is 17.0. The van der Waals surface area contributed by atoms with Crippen LogP contribution in [0.15, 0.2) is 24.3 Å². The number of carbonyl (C=O) groups is 4. The predicted octanol–water partition coefficient (Wildman–Crippen LogP) is 5.08. The number of hydrogen-bond acceptors (Lipinski definition) is 8. The summed E-state index contributed by atoms with van der Waals surface area (Å²) >= 11 is 0. The Morgan fingerprint density at radius 3 is 1.15 bits per heavy atom. The number of aliphatic carboxylic acids is 1. The van der Waals surface area contributed by atoms with Gasteiger partial charge in [-0.3, -0.25) is 0 Å². The average Bonchev–Trinajstić information content (AvgIpc) is 2.71. The highest BCUT2D eigenvalue weighted by Gasteiger charge is 2.60. The van der Waals surface area contributed by atoms with E-state index in [2.05, 4.69) is 27.4 Å². The molecule has 0 atom stereocenters. The molecule has 0 aliphatic rings. The van der Waals surface area contributed by atoms with Crippen molar-refractivity contribution >= 4 is 23.9 Å². The minimum absolute atomic E-state index is 0. The van der Waals surface area contributed by atoms with Crippen molar-refractivity contribution in [2.24, 2.45) is 0 Å². The number of halogens is 12. The minimum Gasteiger partial charge on any atom is -0.479 e. The van der Waals surface area contributed by atoms with Gasteiger partial charge in [-0.25, -0.2) is 19.2 Å². The van der Waals surface area contributed by atoms with Crippen molar-refractivity contribution in [2.45, 2.75) is 65.6 Å². The highest BCUT2D eigenvalue weighted by Crippen LogP contribution is 2.35. The fourth-order valence-electron chi connectivity index (χ4n) is 1.17. The van der Waals surface area contributed by atoms with Crippen LogP contribution in [-0.2, 0) is 33.4 Å². The molecule has 41 heavy (non-hydrogen) atoms. The number of carboxylic acids is 1. The fraction of sp³-hybridized carbons (Fsp3) is 0.600. The lowest BCUT2D eigenvalue weighted by Crippen LogP contribution is -2.46. The summed E-state index contributed by atoms with van der Waals surface area (Å²) in [6.07, 6.45) is -31.4. The molecule has 0 amide bonds. The van der Waals surface area contributed by atoms with Gasteiger partial charge >= 0.3 is 48.6 Å². The van der Waals surface area contributed by atoms with Crippen LogP contribution in [0.25, 0.3) is 0 Å². The van der Waals surface area contributed by atoms with Crippen molar-refractivity contribution in [2.75, 3.05) is 13.2 Å². The molecule has 2 N–H and O–H groups in total. The quantitative estimate of drug-likeness (QED) is 0.169. The molecule has 244 valence electrons. The maximum atomic E-state index is 12.0. The molecule has 0 heterocycles. The summed E-state index contributed by atoms with van der Waals surface area (Å²) in [5, 5.41) is 15.5. The molecular formula is C20H26F12O9. The third-order valence-corrected chi connectivity index (χ3v) is 2.81. The first kappa shape index (κ1) is 47.3. The number of carbonyl (C=O) groups excluding carboxylic acids is 3. The Kier molecular flexibility index (Phi) is 21.6. The lowest BCUT2D eigenvalue weighted by atomic mass is 10.3. The molecule has 0 aliphatic heterocycles. The summed E-state index contributed by atoms with van der Waals surface area (Å²) < 4.78 is 149. The second-order valence-electron chi connectivity index (χ2n) is 6.55. The molecule has 0 spiro atoms. The summed E-state index contributed by atoms with van der Waals surface area (Å²) in [6.45, 7) is 6.98. The van der Waals surface area contributed by atoms with Gasteiger partial charge in [0.15, 0.2) is 13.2 Å². The Morgan fingerprint density at radius 1 is 0.659 bits per heavy atom. The lowest BCUT2D eigenvalue weighted by Gasteiger charge is -2.22. The van der Waals surface area contributed by atoms with E-state index in [1.54, 1.807) is 0 Å². The molecule has 0 radical (unpaired) electrons. The summed E-state index contributed by atoms with van der Waals surface area (Å²) in [7, 11) is 0. The molecule has 0 saturated carbocycles. The smallest absolute Gasteiger partial charge is 0.434 e. The molecule has 0 saturated heterocycles. The molecule has 0 rings (SSSR count). The van der Waals surface area contributed by atoms with Crippen molar-refractivity contribution in [1.29, 1.82) is 0 Å². The van der Waals surface area contributed by atoms with Gasteiger partial charge in [-0.1, -0.05) is 28.0 Å². The second-order valence-corrected chi connectivity index (χ2v) is 6.55. The molecule has 0 unspecified atom stereocenters. The average molecular weight is 638 g/mol. The van der Waals surface area contributed by atoms with Crippen LogP contribution in [0.4, 0.5) is 52.7 Å². The zero-order chi connectivity index (χ0) is 32.2. The van der Waals surface area contributed by atoms with Crippen LogP contribution in [0.3, 0.4) is 0 Å². The first-order valence-electron chi connectivity index (χ1n) is 9.06. The number of aliphatic hydroxyl groups is 1. The SMILES string of the molecule is C.C.C=C(C)C(=O)OCC(=O)O.C=C(C)C(=O)OCC(=O)OC(C(F)(F)F)C(F)(F)F.OC(C(F)(F)F)C(F)(F)F. The Labute approximate surface area is 224 Å². The van der Waals surface area contributed by atoms with Gasteiger partial charge in [0.2, 0.25) is 6.10 Å².